The van der Waals surface area contributed by atoms with Gasteiger partial charge in [0, 0.05) is 39.4 Å². The number of pyridine rings is 1. The van der Waals surface area contributed by atoms with Gasteiger partial charge in [0.1, 0.15) is 11.5 Å². The summed E-state index contributed by atoms with van der Waals surface area (Å²) in [6.07, 6.45) is 3.27. The fraction of sp³-hybridized carbons (Fsp3) is 0.0714. The summed E-state index contributed by atoms with van der Waals surface area (Å²) in [6, 6.07) is 3.83. The van der Waals surface area contributed by atoms with Crippen LogP contribution in [0.25, 0.3) is 22.2 Å². The molecule has 0 bridgehead atoms. The molecule has 21 heavy (non-hydrogen) atoms. The summed E-state index contributed by atoms with van der Waals surface area (Å²) < 4.78 is 34.8. The molecule has 0 aliphatic heterocycles. The zero-order valence-corrected chi connectivity index (χ0v) is 13.3. The molecule has 3 nitrogen and oxygen atoms in total. The standard InChI is InChI=1S/C14H9BrF2N2OS/c1-20-13-9(3-8(16)4-12(13)17)11-6-19(21)14-10(11)2-7(15)5-18-14/h2-6,21H,1H3. The summed E-state index contributed by atoms with van der Waals surface area (Å²) in [6.45, 7) is 0. The molecule has 0 fully saturated rings. The molecule has 0 N–H and O–H groups in total. The van der Waals surface area contributed by atoms with E-state index in [1.54, 1.807) is 12.4 Å². The summed E-state index contributed by atoms with van der Waals surface area (Å²) in [7, 11) is 1.34. The Labute approximate surface area is 133 Å². The molecule has 0 atom stereocenters. The van der Waals surface area contributed by atoms with Crippen molar-refractivity contribution in [1.29, 1.82) is 0 Å². The van der Waals surface area contributed by atoms with Gasteiger partial charge in [0.05, 0.1) is 7.11 Å². The van der Waals surface area contributed by atoms with Crippen LogP contribution < -0.4 is 4.74 Å². The van der Waals surface area contributed by atoms with Crippen molar-refractivity contribution in [2.24, 2.45) is 0 Å². The van der Waals surface area contributed by atoms with E-state index in [-0.39, 0.29) is 5.75 Å². The number of ether oxygens (including phenoxy) is 1. The molecule has 3 aromatic rings. The second-order valence-electron chi connectivity index (χ2n) is 4.38. The zero-order chi connectivity index (χ0) is 15.1. The molecule has 0 radical (unpaired) electrons. The highest BCUT2D eigenvalue weighted by atomic mass is 79.9. The molecule has 0 saturated carbocycles. The minimum atomic E-state index is -0.754. The van der Waals surface area contributed by atoms with E-state index < -0.39 is 11.6 Å². The Morgan fingerprint density at radius 2 is 2.00 bits per heavy atom. The Balaban J connectivity index is 2.38. The van der Waals surface area contributed by atoms with Crippen LogP contribution in [0, 0.1) is 11.6 Å². The predicted molar refractivity (Wildman–Crippen MR) is 83.7 cm³/mol. The molecule has 108 valence electrons. The first-order valence-corrected chi connectivity index (χ1v) is 7.10. The van der Waals surface area contributed by atoms with Gasteiger partial charge in [0.25, 0.3) is 0 Å². The van der Waals surface area contributed by atoms with Crippen molar-refractivity contribution in [2.45, 2.75) is 0 Å². The summed E-state index contributed by atoms with van der Waals surface area (Å²) >= 11 is 7.62. The van der Waals surface area contributed by atoms with Crippen molar-refractivity contribution < 1.29 is 13.5 Å². The number of hydrogen-bond acceptors (Lipinski definition) is 3. The van der Waals surface area contributed by atoms with Crippen LogP contribution in [0.5, 0.6) is 5.75 Å². The third-order valence-corrected chi connectivity index (χ3v) is 3.83. The van der Waals surface area contributed by atoms with Crippen LogP contribution >= 0.6 is 28.7 Å². The number of aromatic nitrogens is 2. The molecule has 2 aromatic heterocycles. The number of methoxy groups -OCH3 is 1. The van der Waals surface area contributed by atoms with Gasteiger partial charge in [0.15, 0.2) is 11.6 Å². The minimum absolute atomic E-state index is 0.0165. The Hall–Kier alpha value is -1.60. The van der Waals surface area contributed by atoms with Crippen LogP contribution in [0.15, 0.2) is 35.1 Å². The number of thiol groups is 1. The summed E-state index contributed by atoms with van der Waals surface area (Å²) in [4.78, 5) is 4.24. The topological polar surface area (TPSA) is 27.1 Å². The monoisotopic (exact) mass is 370 g/mol. The van der Waals surface area contributed by atoms with Crippen molar-refractivity contribution in [3.63, 3.8) is 0 Å². The van der Waals surface area contributed by atoms with Gasteiger partial charge in [-0.1, -0.05) is 12.8 Å². The van der Waals surface area contributed by atoms with E-state index in [2.05, 4.69) is 33.7 Å². The predicted octanol–water partition coefficient (Wildman–Crippen LogP) is 4.45. The van der Waals surface area contributed by atoms with Gasteiger partial charge in [-0.25, -0.2) is 13.8 Å². The van der Waals surface area contributed by atoms with Gasteiger partial charge >= 0.3 is 0 Å². The quantitative estimate of drug-likeness (QED) is 0.674. The average molecular weight is 371 g/mol. The first kappa shape index (κ1) is 14.3. The second-order valence-corrected chi connectivity index (χ2v) is 5.73. The fourth-order valence-corrected chi connectivity index (χ4v) is 2.85. The lowest BCUT2D eigenvalue weighted by Crippen LogP contribution is -1.93. The Morgan fingerprint density at radius 1 is 1.24 bits per heavy atom. The Bertz CT molecular complexity index is 851. The maximum atomic E-state index is 13.9. The molecule has 0 spiro atoms. The second kappa shape index (κ2) is 5.31. The van der Waals surface area contributed by atoms with Gasteiger partial charge in [-0.2, -0.15) is 0 Å². The molecule has 0 saturated heterocycles. The van der Waals surface area contributed by atoms with Crippen LogP contribution in [0.1, 0.15) is 0 Å². The van der Waals surface area contributed by atoms with Gasteiger partial charge in [0.2, 0.25) is 0 Å². The van der Waals surface area contributed by atoms with Crippen LogP contribution in [0.2, 0.25) is 0 Å². The van der Waals surface area contributed by atoms with E-state index in [0.29, 0.717) is 22.2 Å². The molecule has 3 rings (SSSR count). The van der Waals surface area contributed by atoms with Gasteiger partial charge in [-0.3, -0.25) is 3.97 Å². The van der Waals surface area contributed by atoms with Gasteiger partial charge in [-0.05, 0) is 28.1 Å². The highest BCUT2D eigenvalue weighted by molar-refractivity contribution is 9.10. The first-order chi connectivity index (χ1) is 10.0. The van der Waals surface area contributed by atoms with Crippen molar-refractivity contribution >= 4 is 39.8 Å². The molecular formula is C14H9BrF2N2OS. The van der Waals surface area contributed by atoms with Crippen LogP contribution in [-0.4, -0.2) is 16.1 Å². The van der Waals surface area contributed by atoms with E-state index in [1.165, 1.54) is 17.1 Å². The maximum absolute atomic E-state index is 13.9. The Kier molecular flexibility index (Phi) is 3.62. The molecule has 0 aliphatic carbocycles. The van der Waals surface area contributed by atoms with E-state index in [4.69, 9.17) is 4.74 Å². The van der Waals surface area contributed by atoms with E-state index >= 15 is 0 Å². The average Bonchev–Trinajstić information content (AvgIpc) is 2.74. The number of hydrogen-bond donors (Lipinski definition) is 1. The SMILES string of the molecule is COc1c(F)cc(F)cc1-c1cn(S)c2ncc(Br)cc12. The lowest BCUT2D eigenvalue weighted by Gasteiger charge is -2.09. The number of nitrogens with zero attached hydrogens (tertiary/aromatic N) is 2. The highest BCUT2D eigenvalue weighted by Gasteiger charge is 2.18. The Morgan fingerprint density at radius 3 is 2.71 bits per heavy atom. The smallest absolute Gasteiger partial charge is 0.168 e. The molecule has 0 aliphatic rings. The summed E-state index contributed by atoms with van der Waals surface area (Å²) in [5.74, 6) is -1.45. The maximum Gasteiger partial charge on any atom is 0.168 e. The van der Waals surface area contributed by atoms with Crippen LogP contribution in [0.4, 0.5) is 8.78 Å². The summed E-state index contributed by atoms with van der Waals surface area (Å²) in [5.41, 5.74) is 1.49. The van der Waals surface area contributed by atoms with Gasteiger partial charge in [-0.15, -0.1) is 0 Å². The van der Waals surface area contributed by atoms with Crippen molar-refractivity contribution in [2.75, 3.05) is 7.11 Å². The van der Waals surface area contributed by atoms with Crippen molar-refractivity contribution in [3.8, 4) is 16.9 Å². The lowest BCUT2D eigenvalue weighted by molar-refractivity contribution is 0.386. The minimum Gasteiger partial charge on any atom is -0.493 e. The lowest BCUT2D eigenvalue weighted by atomic mass is 10.0. The molecule has 7 heteroatoms. The molecule has 0 unspecified atom stereocenters. The molecule has 1 aromatic carbocycles. The number of fused-ring (bicyclic) bond motifs is 1. The number of benzene rings is 1. The summed E-state index contributed by atoms with van der Waals surface area (Å²) in [5, 5.41) is 0.711. The van der Waals surface area contributed by atoms with Crippen molar-refractivity contribution in [1.82, 2.24) is 8.96 Å². The van der Waals surface area contributed by atoms with Crippen LogP contribution in [0.3, 0.4) is 0 Å². The normalized spacial score (nSPS) is 11.1. The van der Waals surface area contributed by atoms with Gasteiger partial charge < -0.3 is 4.74 Å². The number of halogens is 3. The zero-order valence-electron chi connectivity index (χ0n) is 10.8. The largest absolute Gasteiger partial charge is 0.493 e. The first-order valence-electron chi connectivity index (χ1n) is 5.90. The number of rotatable bonds is 2. The highest BCUT2D eigenvalue weighted by Crippen LogP contribution is 2.38. The van der Waals surface area contributed by atoms with Crippen LogP contribution in [-0.2, 0) is 0 Å². The molecular weight excluding hydrogens is 362 g/mol. The third kappa shape index (κ3) is 2.40. The van der Waals surface area contributed by atoms with E-state index in [9.17, 15) is 8.78 Å². The van der Waals surface area contributed by atoms with E-state index in [1.807, 2.05) is 6.07 Å². The fourth-order valence-electron chi connectivity index (χ4n) is 2.25. The van der Waals surface area contributed by atoms with Crippen molar-refractivity contribution in [3.05, 3.63) is 46.7 Å². The molecule has 0 amide bonds. The third-order valence-electron chi connectivity index (χ3n) is 3.09. The molecule has 2 heterocycles. The van der Waals surface area contributed by atoms with E-state index in [0.717, 1.165) is 10.5 Å².